The Morgan fingerprint density at radius 1 is 1.00 bits per heavy atom. The molecule has 0 fully saturated rings. The lowest BCUT2D eigenvalue weighted by atomic mass is 9.87. The summed E-state index contributed by atoms with van der Waals surface area (Å²) in [6.07, 6.45) is 0. The Morgan fingerprint density at radius 2 is 1.59 bits per heavy atom. The minimum Gasteiger partial charge on any atom is -0.492 e. The number of rotatable bonds is 9. The lowest BCUT2D eigenvalue weighted by molar-refractivity contribution is -0.122. The lowest BCUT2D eigenvalue weighted by Gasteiger charge is -2.19. The molecule has 0 unspecified atom stereocenters. The van der Waals surface area contributed by atoms with Crippen molar-refractivity contribution in [2.75, 3.05) is 18.5 Å². The highest BCUT2D eigenvalue weighted by atomic mass is 32.2. The zero-order valence-corrected chi connectivity index (χ0v) is 19.9. The fourth-order valence-electron chi connectivity index (χ4n) is 2.82. The molecule has 2 amide bonds. The summed E-state index contributed by atoms with van der Waals surface area (Å²) in [7, 11) is -3.89. The maximum atomic E-state index is 12.5. The second-order valence-corrected chi connectivity index (χ2v) is 10.2. The Labute approximate surface area is 189 Å². The van der Waals surface area contributed by atoms with E-state index in [9.17, 15) is 18.0 Å². The van der Waals surface area contributed by atoms with Crippen LogP contribution in [0.5, 0.6) is 5.75 Å². The molecule has 1 atom stereocenters. The van der Waals surface area contributed by atoms with E-state index < -0.39 is 22.0 Å². The summed E-state index contributed by atoms with van der Waals surface area (Å²) in [5.41, 5.74) is 1.74. The van der Waals surface area contributed by atoms with Crippen LogP contribution >= 0.6 is 0 Å². The standard InChI is InChI=1S/C23H31N3O5S/c1-16(26-32(29,30)21-12-8-19(9-13-21)25-17(2)27)22(28)24-14-15-31-20-10-6-18(7-11-20)23(3,4)5/h6-13,16,26H,14-15H2,1-5H3,(H,24,28)(H,25,27)/t16-/m0/s1. The Kier molecular flexibility index (Phi) is 8.40. The summed E-state index contributed by atoms with van der Waals surface area (Å²) in [4.78, 5) is 23.3. The largest absolute Gasteiger partial charge is 0.492 e. The predicted octanol–water partition coefficient (Wildman–Crippen LogP) is 2.80. The van der Waals surface area contributed by atoms with Gasteiger partial charge < -0.3 is 15.4 Å². The average molecular weight is 462 g/mol. The molecular weight excluding hydrogens is 430 g/mol. The predicted molar refractivity (Wildman–Crippen MR) is 124 cm³/mol. The van der Waals surface area contributed by atoms with Gasteiger partial charge in [0.25, 0.3) is 0 Å². The molecule has 0 spiro atoms. The van der Waals surface area contributed by atoms with Gasteiger partial charge in [-0.2, -0.15) is 4.72 Å². The topological polar surface area (TPSA) is 114 Å². The summed E-state index contributed by atoms with van der Waals surface area (Å²) in [6.45, 7) is 9.71. The van der Waals surface area contributed by atoms with Gasteiger partial charge in [-0.1, -0.05) is 32.9 Å². The highest BCUT2D eigenvalue weighted by Crippen LogP contribution is 2.24. The maximum absolute atomic E-state index is 12.5. The Morgan fingerprint density at radius 3 is 2.12 bits per heavy atom. The summed E-state index contributed by atoms with van der Waals surface area (Å²) < 4.78 is 33.0. The first-order valence-corrected chi connectivity index (χ1v) is 11.8. The highest BCUT2D eigenvalue weighted by molar-refractivity contribution is 7.89. The first-order valence-electron chi connectivity index (χ1n) is 10.3. The van der Waals surface area contributed by atoms with E-state index in [1.807, 2.05) is 24.3 Å². The van der Waals surface area contributed by atoms with Crippen molar-refractivity contribution in [3.8, 4) is 5.75 Å². The van der Waals surface area contributed by atoms with E-state index >= 15 is 0 Å². The van der Waals surface area contributed by atoms with Crippen molar-refractivity contribution >= 4 is 27.5 Å². The van der Waals surface area contributed by atoms with Crippen LogP contribution in [0.25, 0.3) is 0 Å². The van der Waals surface area contributed by atoms with Gasteiger partial charge >= 0.3 is 0 Å². The fourth-order valence-corrected chi connectivity index (χ4v) is 4.03. The van der Waals surface area contributed by atoms with Crippen LogP contribution < -0.4 is 20.1 Å². The van der Waals surface area contributed by atoms with Gasteiger partial charge in [0.15, 0.2) is 0 Å². The van der Waals surface area contributed by atoms with Crippen molar-refractivity contribution in [2.45, 2.75) is 51.0 Å². The number of nitrogens with one attached hydrogen (secondary N) is 3. The number of hydrogen-bond acceptors (Lipinski definition) is 5. The van der Waals surface area contributed by atoms with Gasteiger partial charge in [-0.15, -0.1) is 0 Å². The maximum Gasteiger partial charge on any atom is 0.241 e. The number of anilines is 1. The second-order valence-electron chi connectivity index (χ2n) is 8.46. The minimum atomic E-state index is -3.89. The number of sulfonamides is 1. The van der Waals surface area contributed by atoms with Crippen molar-refractivity contribution in [1.82, 2.24) is 10.0 Å². The average Bonchev–Trinajstić information content (AvgIpc) is 2.70. The first-order chi connectivity index (χ1) is 14.9. The van der Waals surface area contributed by atoms with Gasteiger partial charge in [0.2, 0.25) is 21.8 Å². The second kappa shape index (κ2) is 10.6. The van der Waals surface area contributed by atoms with E-state index in [-0.39, 0.29) is 29.4 Å². The van der Waals surface area contributed by atoms with Crippen molar-refractivity contribution in [3.63, 3.8) is 0 Å². The van der Waals surface area contributed by atoms with Crippen LogP contribution in [0, 0.1) is 0 Å². The molecule has 2 aromatic carbocycles. The van der Waals surface area contributed by atoms with Crippen LogP contribution in [0.4, 0.5) is 5.69 Å². The quantitative estimate of drug-likeness (QED) is 0.497. The minimum absolute atomic E-state index is 0.00621. The van der Waals surface area contributed by atoms with E-state index in [2.05, 4.69) is 36.1 Å². The molecule has 2 aromatic rings. The number of carbonyl (C=O) groups excluding carboxylic acids is 2. The summed E-state index contributed by atoms with van der Waals surface area (Å²) >= 11 is 0. The fraction of sp³-hybridized carbons (Fsp3) is 0.391. The van der Waals surface area contributed by atoms with Crippen molar-refractivity contribution < 1.29 is 22.7 Å². The normalized spacial score (nSPS) is 12.7. The summed E-state index contributed by atoms with van der Waals surface area (Å²) in [5, 5.41) is 5.22. The van der Waals surface area contributed by atoms with Crippen LogP contribution in [0.2, 0.25) is 0 Å². The number of carbonyl (C=O) groups is 2. The molecule has 0 aromatic heterocycles. The SMILES string of the molecule is CC(=O)Nc1ccc(S(=O)(=O)N[C@@H](C)C(=O)NCCOc2ccc(C(C)(C)C)cc2)cc1. The highest BCUT2D eigenvalue weighted by Gasteiger charge is 2.22. The molecule has 3 N–H and O–H groups in total. The van der Waals surface area contributed by atoms with Gasteiger partial charge in [0, 0.05) is 12.6 Å². The van der Waals surface area contributed by atoms with Crippen molar-refractivity contribution in [2.24, 2.45) is 0 Å². The summed E-state index contributed by atoms with van der Waals surface area (Å²) in [6, 6.07) is 12.5. The molecule has 174 valence electrons. The van der Waals surface area contributed by atoms with Gasteiger partial charge in [-0.3, -0.25) is 9.59 Å². The third kappa shape index (κ3) is 7.65. The zero-order chi connectivity index (χ0) is 23.9. The van der Waals surface area contributed by atoms with E-state index in [4.69, 9.17) is 4.74 Å². The Hall–Kier alpha value is -2.91. The van der Waals surface area contributed by atoms with E-state index in [1.54, 1.807) is 0 Å². The van der Waals surface area contributed by atoms with E-state index in [1.165, 1.54) is 43.7 Å². The molecule has 0 radical (unpaired) electrons. The first kappa shape index (κ1) is 25.4. The molecule has 0 bridgehead atoms. The zero-order valence-electron chi connectivity index (χ0n) is 19.1. The number of ether oxygens (including phenoxy) is 1. The molecule has 0 saturated carbocycles. The van der Waals surface area contributed by atoms with Crippen LogP contribution in [0.1, 0.15) is 40.2 Å². The monoisotopic (exact) mass is 461 g/mol. The van der Waals surface area contributed by atoms with Crippen molar-refractivity contribution in [3.05, 3.63) is 54.1 Å². The molecule has 8 nitrogen and oxygen atoms in total. The van der Waals surface area contributed by atoms with Crippen molar-refractivity contribution in [1.29, 1.82) is 0 Å². The molecule has 9 heteroatoms. The number of amides is 2. The molecule has 32 heavy (non-hydrogen) atoms. The van der Waals surface area contributed by atoms with E-state index in [0.717, 1.165) is 0 Å². The van der Waals surface area contributed by atoms with Gasteiger partial charge in [0.05, 0.1) is 17.5 Å². The van der Waals surface area contributed by atoms with Crippen LogP contribution in [-0.4, -0.2) is 39.4 Å². The Balaban J connectivity index is 1.81. The lowest BCUT2D eigenvalue weighted by Crippen LogP contribution is -2.45. The molecular formula is C23H31N3O5S. The van der Waals surface area contributed by atoms with Gasteiger partial charge in [0.1, 0.15) is 12.4 Å². The molecule has 0 aliphatic rings. The molecule has 0 aliphatic heterocycles. The number of hydrogen-bond donors (Lipinski definition) is 3. The molecule has 0 aliphatic carbocycles. The smallest absolute Gasteiger partial charge is 0.241 e. The third-order valence-electron chi connectivity index (χ3n) is 4.60. The van der Waals surface area contributed by atoms with Crippen LogP contribution in [0.3, 0.4) is 0 Å². The molecule has 0 saturated heterocycles. The summed E-state index contributed by atoms with van der Waals surface area (Å²) in [5.74, 6) is -0.0197. The molecule has 0 heterocycles. The van der Waals surface area contributed by atoms with Gasteiger partial charge in [-0.25, -0.2) is 8.42 Å². The third-order valence-corrected chi connectivity index (χ3v) is 6.16. The van der Waals surface area contributed by atoms with Crippen LogP contribution in [-0.2, 0) is 25.0 Å². The van der Waals surface area contributed by atoms with E-state index in [0.29, 0.717) is 11.4 Å². The number of benzene rings is 2. The van der Waals surface area contributed by atoms with Gasteiger partial charge in [-0.05, 0) is 54.3 Å². The molecule has 2 rings (SSSR count). The Bertz CT molecular complexity index is 1030. The van der Waals surface area contributed by atoms with Crippen LogP contribution in [0.15, 0.2) is 53.4 Å².